The molecule has 10 heavy (non-hydrogen) atoms. The van der Waals surface area contributed by atoms with Gasteiger partial charge in [-0.3, -0.25) is 0 Å². The van der Waals surface area contributed by atoms with Gasteiger partial charge in [-0.05, 0) is 34.1 Å². The van der Waals surface area contributed by atoms with Crippen molar-refractivity contribution in [2.45, 2.75) is 0 Å². The zero-order valence-electron chi connectivity index (χ0n) is 7.90. The molecule has 1 aromatic carbocycles. The minimum absolute atomic E-state index is 0.0985. The minimum Gasteiger partial charge on any atom is -0.496 e. The van der Waals surface area contributed by atoms with Crippen LogP contribution < -0.4 is 4.74 Å². The second-order valence-electron chi connectivity index (χ2n) is 1.68. The SMILES string of the molecule is [2H]C([2H])([2H])Oc1ccc(F)cc1Br. The fraction of sp³-hybridized carbons (Fsp3) is 0.143. The van der Waals surface area contributed by atoms with Crippen LogP contribution in [0.5, 0.6) is 5.75 Å². The van der Waals surface area contributed by atoms with Crippen LogP contribution in [0, 0.1) is 5.82 Å². The van der Waals surface area contributed by atoms with Crippen molar-refractivity contribution < 1.29 is 13.2 Å². The molecule has 0 spiro atoms. The molecule has 0 fully saturated rings. The molecule has 0 bridgehead atoms. The summed E-state index contributed by atoms with van der Waals surface area (Å²) in [6, 6.07) is 3.53. The van der Waals surface area contributed by atoms with Crippen molar-refractivity contribution in [3.05, 3.63) is 28.5 Å². The van der Waals surface area contributed by atoms with E-state index in [1.54, 1.807) is 0 Å². The molecule has 1 aromatic rings. The van der Waals surface area contributed by atoms with Crippen LogP contribution in [0.2, 0.25) is 0 Å². The summed E-state index contributed by atoms with van der Waals surface area (Å²) in [6.45, 7) is 0. The summed E-state index contributed by atoms with van der Waals surface area (Å²) in [5.74, 6) is -0.355. The Balaban J connectivity index is 2.90. The number of hydrogen-bond acceptors (Lipinski definition) is 1. The lowest BCUT2D eigenvalue weighted by atomic mass is 10.3. The topological polar surface area (TPSA) is 9.23 Å². The Morgan fingerprint density at radius 3 is 3.10 bits per heavy atom. The number of benzene rings is 1. The lowest BCUT2D eigenvalue weighted by Gasteiger charge is -2.00. The third-order valence-corrected chi connectivity index (χ3v) is 1.62. The molecule has 0 N–H and O–H groups in total. The molecule has 1 nitrogen and oxygen atoms in total. The Morgan fingerprint density at radius 1 is 1.70 bits per heavy atom. The zero-order chi connectivity index (χ0) is 10.1. The van der Waals surface area contributed by atoms with Crippen molar-refractivity contribution in [3.63, 3.8) is 0 Å². The van der Waals surface area contributed by atoms with Gasteiger partial charge in [-0.2, -0.15) is 0 Å². The summed E-state index contributed by atoms with van der Waals surface area (Å²) in [6.07, 6.45) is 0. The Bertz CT molecular complexity index is 313. The van der Waals surface area contributed by atoms with E-state index in [9.17, 15) is 4.39 Å². The molecule has 0 radical (unpaired) electrons. The van der Waals surface area contributed by atoms with Gasteiger partial charge in [0.2, 0.25) is 0 Å². The van der Waals surface area contributed by atoms with Crippen molar-refractivity contribution in [2.75, 3.05) is 7.04 Å². The molecule has 0 unspecified atom stereocenters. The average Bonchev–Trinajstić information content (AvgIpc) is 1.93. The molecule has 0 aliphatic carbocycles. The summed E-state index contributed by atoms with van der Waals surface area (Å²) < 4.78 is 37.9. The summed E-state index contributed by atoms with van der Waals surface area (Å²) >= 11 is 2.98. The molecule has 0 saturated carbocycles. The van der Waals surface area contributed by atoms with Crippen molar-refractivity contribution in [2.24, 2.45) is 0 Å². The van der Waals surface area contributed by atoms with Gasteiger partial charge in [0.1, 0.15) is 11.6 Å². The van der Waals surface area contributed by atoms with Crippen LogP contribution in [-0.2, 0) is 0 Å². The molecule has 3 heteroatoms. The highest BCUT2D eigenvalue weighted by molar-refractivity contribution is 9.10. The standard InChI is InChI=1S/C7H6BrFO/c1-10-7-3-2-5(9)4-6(7)8/h2-4H,1H3/i1D3. The summed E-state index contributed by atoms with van der Waals surface area (Å²) in [7, 11) is -2.51. The van der Waals surface area contributed by atoms with Crippen molar-refractivity contribution >= 4 is 15.9 Å². The number of rotatable bonds is 1. The van der Waals surface area contributed by atoms with E-state index < -0.39 is 12.9 Å². The normalized spacial score (nSPS) is 15.2. The van der Waals surface area contributed by atoms with E-state index in [0.717, 1.165) is 12.1 Å². The van der Waals surface area contributed by atoms with Crippen molar-refractivity contribution in [1.82, 2.24) is 0 Å². The Hall–Kier alpha value is -0.570. The zero-order valence-corrected chi connectivity index (χ0v) is 6.48. The predicted octanol–water partition coefficient (Wildman–Crippen LogP) is 2.60. The number of methoxy groups -OCH3 is 1. The first-order chi connectivity index (χ1) is 5.88. The molecule has 0 amide bonds. The third kappa shape index (κ3) is 1.48. The number of hydrogen-bond donors (Lipinski definition) is 0. The Kier molecular flexibility index (Phi) is 1.31. The highest BCUT2D eigenvalue weighted by Crippen LogP contribution is 2.24. The monoisotopic (exact) mass is 207 g/mol. The van der Waals surface area contributed by atoms with Crippen molar-refractivity contribution in [1.29, 1.82) is 0 Å². The van der Waals surface area contributed by atoms with E-state index in [-0.39, 0.29) is 10.2 Å². The van der Waals surface area contributed by atoms with Crippen LogP contribution in [0.1, 0.15) is 4.11 Å². The maximum atomic E-state index is 12.6. The van der Waals surface area contributed by atoms with Crippen LogP contribution in [0.3, 0.4) is 0 Å². The van der Waals surface area contributed by atoms with Crippen LogP contribution in [-0.4, -0.2) is 7.04 Å². The Labute approximate surface area is 71.2 Å². The lowest BCUT2D eigenvalue weighted by Crippen LogP contribution is -1.84. The molecule has 0 atom stereocenters. The smallest absolute Gasteiger partial charge is 0.133 e. The van der Waals surface area contributed by atoms with Gasteiger partial charge in [0, 0.05) is 0 Å². The highest BCUT2D eigenvalue weighted by atomic mass is 79.9. The lowest BCUT2D eigenvalue weighted by molar-refractivity contribution is 0.411. The number of ether oxygens (including phenoxy) is 1. The summed E-state index contributed by atoms with van der Waals surface area (Å²) in [5, 5.41) is 0. The van der Waals surface area contributed by atoms with Crippen LogP contribution in [0.25, 0.3) is 0 Å². The summed E-state index contributed by atoms with van der Waals surface area (Å²) in [5.41, 5.74) is 0. The predicted molar refractivity (Wildman–Crippen MR) is 40.7 cm³/mol. The minimum atomic E-state index is -2.51. The van der Waals surface area contributed by atoms with Gasteiger partial charge in [0.05, 0.1) is 15.6 Å². The number of halogens is 2. The van der Waals surface area contributed by atoms with E-state index in [2.05, 4.69) is 20.7 Å². The maximum absolute atomic E-state index is 12.6. The van der Waals surface area contributed by atoms with Gasteiger partial charge in [0.25, 0.3) is 0 Å². The fourth-order valence-corrected chi connectivity index (χ4v) is 0.990. The van der Waals surface area contributed by atoms with Gasteiger partial charge < -0.3 is 4.74 Å². The first-order valence-corrected chi connectivity index (χ1v) is 3.32. The van der Waals surface area contributed by atoms with E-state index in [0.29, 0.717) is 0 Å². The largest absolute Gasteiger partial charge is 0.496 e. The van der Waals surface area contributed by atoms with Crippen LogP contribution >= 0.6 is 15.9 Å². The maximum Gasteiger partial charge on any atom is 0.133 e. The fourth-order valence-electron chi connectivity index (χ4n) is 0.558. The van der Waals surface area contributed by atoms with E-state index in [1.165, 1.54) is 6.07 Å². The molecule has 0 aromatic heterocycles. The quantitative estimate of drug-likeness (QED) is 0.689. The first-order valence-electron chi connectivity index (χ1n) is 4.02. The molecule has 54 valence electrons. The third-order valence-electron chi connectivity index (χ3n) is 1.00. The van der Waals surface area contributed by atoms with Crippen LogP contribution in [0.15, 0.2) is 22.7 Å². The molecule has 0 saturated heterocycles. The van der Waals surface area contributed by atoms with E-state index in [1.807, 2.05) is 0 Å². The molecule has 0 aliphatic rings. The van der Waals surface area contributed by atoms with Gasteiger partial charge in [0.15, 0.2) is 0 Å². The molecular weight excluding hydrogens is 199 g/mol. The van der Waals surface area contributed by atoms with Gasteiger partial charge in [-0.1, -0.05) is 0 Å². The molecule has 1 rings (SSSR count). The van der Waals surface area contributed by atoms with Gasteiger partial charge >= 0.3 is 0 Å². The Morgan fingerprint density at radius 2 is 2.50 bits per heavy atom. The van der Waals surface area contributed by atoms with Gasteiger partial charge in [-0.25, -0.2) is 4.39 Å². The summed E-state index contributed by atoms with van der Waals surface area (Å²) in [4.78, 5) is 0. The second-order valence-corrected chi connectivity index (χ2v) is 2.53. The molecular formula is C7H6BrFO. The molecule has 0 heterocycles. The van der Waals surface area contributed by atoms with Crippen molar-refractivity contribution in [3.8, 4) is 5.75 Å². The van der Waals surface area contributed by atoms with Crippen LogP contribution in [0.4, 0.5) is 4.39 Å². The van der Waals surface area contributed by atoms with E-state index >= 15 is 0 Å². The highest BCUT2D eigenvalue weighted by Gasteiger charge is 1.98. The second kappa shape index (κ2) is 3.01. The van der Waals surface area contributed by atoms with Gasteiger partial charge in [-0.15, -0.1) is 0 Å². The first kappa shape index (κ1) is 4.34. The van der Waals surface area contributed by atoms with E-state index in [4.69, 9.17) is 4.11 Å². The molecule has 0 aliphatic heterocycles. The average molecular weight is 208 g/mol.